The van der Waals surface area contributed by atoms with Crippen molar-refractivity contribution in [1.29, 1.82) is 5.26 Å². The fourth-order valence-corrected chi connectivity index (χ4v) is 5.24. The van der Waals surface area contributed by atoms with Crippen LogP contribution in [0, 0.1) is 11.3 Å². The summed E-state index contributed by atoms with van der Waals surface area (Å²) in [6, 6.07) is 24.5. The summed E-state index contributed by atoms with van der Waals surface area (Å²) in [5.41, 5.74) is 5.37. The third-order valence-electron chi connectivity index (χ3n) is 6.28. The van der Waals surface area contributed by atoms with Gasteiger partial charge < -0.3 is 9.88 Å². The second kappa shape index (κ2) is 10.4. The maximum Gasteiger partial charge on any atom is 0.251 e. The lowest BCUT2D eigenvalue weighted by Gasteiger charge is -2.15. The highest BCUT2D eigenvalue weighted by molar-refractivity contribution is 7.91. The summed E-state index contributed by atoms with van der Waals surface area (Å²) in [6.45, 7) is 6.20. The first-order valence-electron chi connectivity index (χ1n) is 11.9. The Kier molecular flexibility index (Phi) is 7.27. The van der Waals surface area contributed by atoms with Crippen LogP contribution in [-0.4, -0.2) is 24.6 Å². The fraction of sp³-hybridized carbons (Fsp3) is 0.241. The van der Waals surface area contributed by atoms with Crippen molar-refractivity contribution >= 4 is 26.6 Å². The molecule has 0 bridgehead atoms. The Balaban J connectivity index is 1.52. The molecule has 0 spiro atoms. The van der Waals surface area contributed by atoms with E-state index >= 15 is 0 Å². The molecule has 36 heavy (non-hydrogen) atoms. The topological polar surface area (TPSA) is 92.0 Å². The predicted molar refractivity (Wildman–Crippen MR) is 142 cm³/mol. The van der Waals surface area contributed by atoms with Gasteiger partial charge in [-0.2, -0.15) is 5.26 Å². The third-order valence-corrected chi connectivity index (χ3v) is 8.03. The minimum atomic E-state index is -3.24. The van der Waals surface area contributed by atoms with Crippen molar-refractivity contribution in [3.63, 3.8) is 0 Å². The van der Waals surface area contributed by atoms with Crippen LogP contribution < -0.4 is 5.32 Å². The second-order valence-electron chi connectivity index (χ2n) is 9.09. The van der Waals surface area contributed by atoms with E-state index in [1.54, 1.807) is 31.2 Å². The molecule has 0 atom stereocenters. The minimum absolute atomic E-state index is 0.0548. The molecule has 1 amide bonds. The first-order chi connectivity index (χ1) is 17.2. The summed E-state index contributed by atoms with van der Waals surface area (Å²) in [5, 5.41) is 13.0. The van der Waals surface area contributed by atoms with Gasteiger partial charge in [0, 0.05) is 41.2 Å². The lowest BCUT2D eigenvalue weighted by atomic mass is 10.1. The summed E-state index contributed by atoms with van der Waals surface area (Å²) >= 11 is 0. The molecule has 1 aromatic heterocycles. The Morgan fingerprint density at radius 3 is 2.25 bits per heavy atom. The normalized spacial score (nSPS) is 11.5. The van der Waals surface area contributed by atoms with Crippen molar-refractivity contribution in [2.45, 2.75) is 44.7 Å². The van der Waals surface area contributed by atoms with E-state index in [1.165, 1.54) is 0 Å². The van der Waals surface area contributed by atoms with Crippen LogP contribution in [0.25, 0.3) is 10.9 Å². The van der Waals surface area contributed by atoms with Crippen LogP contribution >= 0.6 is 0 Å². The number of hydrogen-bond donors (Lipinski definition) is 1. The van der Waals surface area contributed by atoms with E-state index < -0.39 is 9.84 Å². The van der Waals surface area contributed by atoms with E-state index in [4.69, 9.17) is 5.26 Å². The second-order valence-corrected chi connectivity index (χ2v) is 11.4. The van der Waals surface area contributed by atoms with Crippen molar-refractivity contribution in [3.8, 4) is 6.07 Å². The largest absolute Gasteiger partial charge is 0.348 e. The predicted octanol–water partition coefficient (Wildman–Crippen LogP) is 5.41. The van der Waals surface area contributed by atoms with E-state index in [1.807, 2.05) is 42.5 Å². The van der Waals surface area contributed by atoms with Gasteiger partial charge in [0.25, 0.3) is 5.91 Å². The number of nitrogens with one attached hydrogen (secondary N) is 1. The molecule has 0 saturated carbocycles. The lowest BCUT2D eigenvalue weighted by molar-refractivity contribution is 0.0951. The summed E-state index contributed by atoms with van der Waals surface area (Å²) in [6.07, 6.45) is 0.726. The molecule has 0 aliphatic rings. The molecule has 0 aliphatic carbocycles. The van der Waals surface area contributed by atoms with Gasteiger partial charge >= 0.3 is 0 Å². The number of carbonyl (C=O) groups excluding carboxylic acids is 1. The molecule has 4 rings (SSSR count). The van der Waals surface area contributed by atoms with Crippen LogP contribution in [0.15, 0.2) is 77.7 Å². The van der Waals surface area contributed by atoms with Gasteiger partial charge in [-0.05, 0) is 73.5 Å². The average molecular weight is 500 g/mol. The Labute approximate surface area is 212 Å². The lowest BCUT2D eigenvalue weighted by Crippen LogP contribution is -2.22. The fourth-order valence-electron chi connectivity index (χ4n) is 4.35. The Morgan fingerprint density at radius 1 is 0.972 bits per heavy atom. The van der Waals surface area contributed by atoms with E-state index in [0.29, 0.717) is 17.7 Å². The Bertz CT molecular complexity index is 1540. The summed E-state index contributed by atoms with van der Waals surface area (Å²) in [4.78, 5) is 13.2. The SMILES string of the molecule is CCS(=O)(=O)c1ccc(CNC(=O)c2ccc3c(c2)cc(Cc2ccc(C#N)cc2)n3C(C)C)cc1. The maximum atomic E-state index is 12.9. The molecule has 7 heteroatoms. The van der Waals surface area contributed by atoms with Gasteiger partial charge in [-0.3, -0.25) is 4.79 Å². The molecular formula is C29H29N3O3S. The van der Waals surface area contributed by atoms with Gasteiger partial charge in [0.2, 0.25) is 0 Å². The first kappa shape index (κ1) is 25.2. The molecule has 0 unspecified atom stereocenters. The van der Waals surface area contributed by atoms with Crippen LogP contribution in [0.4, 0.5) is 0 Å². The molecule has 0 radical (unpaired) electrons. The van der Waals surface area contributed by atoms with Crippen molar-refractivity contribution < 1.29 is 13.2 Å². The number of benzene rings is 3. The monoisotopic (exact) mass is 499 g/mol. The molecule has 1 N–H and O–H groups in total. The summed E-state index contributed by atoms with van der Waals surface area (Å²) in [7, 11) is -3.24. The minimum Gasteiger partial charge on any atom is -0.348 e. The first-order valence-corrected chi connectivity index (χ1v) is 13.6. The number of sulfone groups is 1. The van der Waals surface area contributed by atoms with Gasteiger partial charge in [0.15, 0.2) is 9.84 Å². The van der Waals surface area contributed by atoms with Crippen LogP contribution in [0.1, 0.15) is 59.6 Å². The number of nitriles is 1. The van der Waals surface area contributed by atoms with Gasteiger partial charge in [-0.25, -0.2) is 8.42 Å². The summed E-state index contributed by atoms with van der Waals surface area (Å²) in [5.74, 6) is -0.132. The van der Waals surface area contributed by atoms with Crippen molar-refractivity contribution in [1.82, 2.24) is 9.88 Å². The molecule has 0 fully saturated rings. The van der Waals surface area contributed by atoms with Crippen LogP contribution in [0.3, 0.4) is 0 Å². The van der Waals surface area contributed by atoms with Crippen LogP contribution in [0.5, 0.6) is 0 Å². The van der Waals surface area contributed by atoms with Gasteiger partial charge in [0.05, 0.1) is 22.3 Å². The number of amides is 1. The van der Waals surface area contributed by atoms with Gasteiger partial charge in [-0.15, -0.1) is 0 Å². The molecule has 184 valence electrons. The van der Waals surface area contributed by atoms with E-state index in [-0.39, 0.29) is 22.6 Å². The zero-order valence-corrected chi connectivity index (χ0v) is 21.5. The summed E-state index contributed by atoms with van der Waals surface area (Å²) < 4.78 is 26.2. The van der Waals surface area contributed by atoms with E-state index in [9.17, 15) is 13.2 Å². The average Bonchev–Trinajstić information content (AvgIpc) is 3.25. The highest BCUT2D eigenvalue weighted by Crippen LogP contribution is 2.27. The Hall–Kier alpha value is -3.89. The van der Waals surface area contributed by atoms with Crippen molar-refractivity contribution in [3.05, 3.63) is 101 Å². The Morgan fingerprint density at radius 2 is 1.64 bits per heavy atom. The highest BCUT2D eigenvalue weighted by Gasteiger charge is 2.15. The van der Waals surface area contributed by atoms with Gasteiger partial charge in [-0.1, -0.05) is 31.2 Å². The van der Waals surface area contributed by atoms with Crippen LogP contribution in [-0.2, 0) is 22.8 Å². The molecule has 0 saturated heterocycles. The smallest absolute Gasteiger partial charge is 0.251 e. The van der Waals surface area contributed by atoms with E-state index in [2.05, 4.69) is 35.9 Å². The van der Waals surface area contributed by atoms with Crippen molar-refractivity contribution in [2.24, 2.45) is 0 Å². The number of carbonyl (C=O) groups is 1. The maximum absolute atomic E-state index is 12.9. The standard InChI is InChI=1S/C29H29N3O3S/c1-4-36(34,35)27-12-9-23(10-13-27)19-31-29(33)24-11-14-28-25(16-24)17-26(32(28)20(2)3)15-21-5-7-22(18-30)8-6-21/h5-14,16-17,20H,4,15,19H2,1-3H3,(H,31,33). The van der Waals surface area contributed by atoms with E-state index in [0.717, 1.165) is 34.1 Å². The number of hydrogen-bond acceptors (Lipinski definition) is 4. The molecule has 0 aliphatic heterocycles. The highest BCUT2D eigenvalue weighted by atomic mass is 32.2. The zero-order valence-electron chi connectivity index (χ0n) is 20.7. The van der Waals surface area contributed by atoms with Crippen molar-refractivity contribution in [2.75, 3.05) is 5.75 Å². The molecule has 6 nitrogen and oxygen atoms in total. The number of aromatic nitrogens is 1. The number of rotatable bonds is 8. The quantitative estimate of drug-likeness (QED) is 0.351. The third kappa shape index (κ3) is 5.34. The molecular weight excluding hydrogens is 470 g/mol. The van der Waals surface area contributed by atoms with Gasteiger partial charge in [0.1, 0.15) is 0 Å². The molecule has 3 aromatic carbocycles. The number of nitrogens with zero attached hydrogens (tertiary/aromatic N) is 2. The molecule has 1 heterocycles. The molecule has 4 aromatic rings. The zero-order chi connectivity index (χ0) is 25.9. The number of fused-ring (bicyclic) bond motifs is 1. The van der Waals surface area contributed by atoms with Crippen LogP contribution in [0.2, 0.25) is 0 Å².